The second kappa shape index (κ2) is 4.82. The Bertz CT molecular complexity index is 428. The molecule has 6 nitrogen and oxygen atoms in total. The molecule has 1 aromatic rings. The molecule has 1 rings (SSSR count). The van der Waals surface area contributed by atoms with Gasteiger partial charge in [0.2, 0.25) is 0 Å². The molecule has 0 fully saturated rings. The number of hydrogen-bond donors (Lipinski definition) is 1. The lowest BCUT2D eigenvalue weighted by atomic mass is 10.6. The molecule has 0 unspecified atom stereocenters. The maximum Gasteiger partial charge on any atom is 0.268 e. The van der Waals surface area contributed by atoms with Crippen molar-refractivity contribution in [1.82, 2.24) is 9.78 Å². The minimum atomic E-state index is -3.87. The number of halogens is 1. The van der Waals surface area contributed by atoms with Gasteiger partial charge in [0.15, 0.2) is 4.90 Å². The van der Waals surface area contributed by atoms with Gasteiger partial charge in [-0.2, -0.15) is 0 Å². The van der Waals surface area contributed by atoms with Crippen molar-refractivity contribution in [1.29, 1.82) is 0 Å². The largest absolute Gasteiger partial charge is 0.473 e. The lowest BCUT2D eigenvalue weighted by Gasteiger charge is -2.00. The van der Waals surface area contributed by atoms with E-state index in [9.17, 15) is 8.42 Å². The van der Waals surface area contributed by atoms with E-state index >= 15 is 0 Å². The van der Waals surface area contributed by atoms with Crippen molar-refractivity contribution in [2.45, 2.75) is 18.4 Å². The Morgan fingerprint density at radius 3 is 2.80 bits per heavy atom. The van der Waals surface area contributed by atoms with Gasteiger partial charge >= 0.3 is 0 Å². The first-order chi connectivity index (χ1) is 6.99. The topological polar surface area (TPSA) is 81.4 Å². The van der Waals surface area contributed by atoms with Crippen molar-refractivity contribution < 1.29 is 18.3 Å². The molecule has 0 radical (unpaired) electrons. The summed E-state index contributed by atoms with van der Waals surface area (Å²) in [5, 5.41) is 12.4. The van der Waals surface area contributed by atoms with Crippen LogP contribution in [0.1, 0.15) is 6.92 Å². The molecular formula is C7H11ClN2O4S. The van der Waals surface area contributed by atoms with Crippen molar-refractivity contribution >= 4 is 19.7 Å². The summed E-state index contributed by atoms with van der Waals surface area (Å²) >= 11 is 0. The van der Waals surface area contributed by atoms with E-state index in [1.165, 1.54) is 10.9 Å². The number of aliphatic hydroxyl groups is 1. The van der Waals surface area contributed by atoms with Crippen LogP contribution in [-0.2, 0) is 15.6 Å². The van der Waals surface area contributed by atoms with Gasteiger partial charge in [-0.15, -0.1) is 5.10 Å². The molecule has 1 aromatic heterocycles. The van der Waals surface area contributed by atoms with Gasteiger partial charge < -0.3 is 9.84 Å². The number of rotatable bonds is 5. The third-order valence-corrected chi connectivity index (χ3v) is 2.92. The Morgan fingerprint density at radius 1 is 1.67 bits per heavy atom. The molecule has 0 spiro atoms. The van der Waals surface area contributed by atoms with Gasteiger partial charge in [0.05, 0.1) is 6.61 Å². The van der Waals surface area contributed by atoms with Gasteiger partial charge in [0.1, 0.15) is 6.61 Å². The summed E-state index contributed by atoms with van der Waals surface area (Å²) in [7, 11) is 1.32. The average Bonchev–Trinajstić information content (AvgIpc) is 2.57. The van der Waals surface area contributed by atoms with Crippen LogP contribution >= 0.6 is 10.7 Å². The van der Waals surface area contributed by atoms with Crippen LogP contribution in [0.4, 0.5) is 0 Å². The average molecular weight is 255 g/mol. The van der Waals surface area contributed by atoms with E-state index in [1.54, 1.807) is 6.92 Å². The molecule has 0 amide bonds. The van der Waals surface area contributed by atoms with Crippen molar-refractivity contribution in [3.05, 3.63) is 6.20 Å². The van der Waals surface area contributed by atoms with Crippen LogP contribution in [0, 0.1) is 0 Å². The van der Waals surface area contributed by atoms with Crippen LogP contribution in [0.25, 0.3) is 0 Å². The first-order valence-electron chi connectivity index (χ1n) is 4.24. The van der Waals surface area contributed by atoms with Crippen molar-refractivity contribution in [2.24, 2.45) is 0 Å². The quantitative estimate of drug-likeness (QED) is 0.760. The second-order valence-electron chi connectivity index (χ2n) is 2.66. The van der Waals surface area contributed by atoms with E-state index in [2.05, 4.69) is 5.10 Å². The fourth-order valence-electron chi connectivity index (χ4n) is 0.957. The Hall–Kier alpha value is -0.790. The van der Waals surface area contributed by atoms with Crippen LogP contribution in [0.5, 0.6) is 5.88 Å². The van der Waals surface area contributed by atoms with Gasteiger partial charge in [0.25, 0.3) is 14.9 Å². The molecule has 15 heavy (non-hydrogen) atoms. The molecule has 0 aliphatic rings. The molecule has 0 aliphatic carbocycles. The predicted molar refractivity (Wildman–Crippen MR) is 53.5 cm³/mol. The summed E-state index contributed by atoms with van der Waals surface area (Å²) in [6.45, 7) is 2.05. The van der Waals surface area contributed by atoms with Crippen LogP contribution in [0.3, 0.4) is 0 Å². The highest BCUT2D eigenvalue weighted by Gasteiger charge is 2.21. The highest BCUT2D eigenvalue weighted by Crippen LogP contribution is 2.25. The summed E-state index contributed by atoms with van der Waals surface area (Å²) in [5.74, 6) is -0.0825. The lowest BCUT2D eigenvalue weighted by molar-refractivity contribution is 0.192. The summed E-state index contributed by atoms with van der Waals surface area (Å²) in [5.41, 5.74) is 0. The first-order valence-corrected chi connectivity index (χ1v) is 6.55. The van der Waals surface area contributed by atoms with Crippen molar-refractivity contribution in [3.8, 4) is 5.88 Å². The SMILES string of the molecule is CCn1cc(S(=O)(=O)Cl)c(OCCO)n1. The minimum Gasteiger partial charge on any atom is -0.473 e. The molecule has 1 heterocycles. The fraction of sp³-hybridized carbons (Fsp3) is 0.571. The van der Waals surface area contributed by atoms with Crippen LogP contribution in [0.15, 0.2) is 11.1 Å². The highest BCUT2D eigenvalue weighted by atomic mass is 35.7. The van der Waals surface area contributed by atoms with Crippen LogP contribution < -0.4 is 4.74 Å². The molecule has 0 aliphatic heterocycles. The number of aryl methyl sites for hydroxylation is 1. The first kappa shape index (κ1) is 12.3. The molecule has 0 bridgehead atoms. The predicted octanol–water partition coefficient (Wildman–Crippen LogP) is 0.202. The van der Waals surface area contributed by atoms with Gasteiger partial charge in [-0.05, 0) is 6.92 Å². The molecule has 0 aromatic carbocycles. The normalized spacial score (nSPS) is 11.7. The zero-order valence-electron chi connectivity index (χ0n) is 8.05. The summed E-state index contributed by atoms with van der Waals surface area (Å²) in [6, 6.07) is 0. The van der Waals surface area contributed by atoms with Gasteiger partial charge in [-0.25, -0.2) is 8.42 Å². The Balaban J connectivity index is 3.06. The van der Waals surface area contributed by atoms with E-state index in [0.29, 0.717) is 6.54 Å². The monoisotopic (exact) mass is 254 g/mol. The number of hydrogen-bond acceptors (Lipinski definition) is 5. The molecule has 0 saturated carbocycles. The number of aliphatic hydroxyl groups excluding tert-OH is 1. The van der Waals surface area contributed by atoms with E-state index in [-0.39, 0.29) is 24.0 Å². The molecule has 8 heteroatoms. The molecule has 0 saturated heterocycles. The smallest absolute Gasteiger partial charge is 0.268 e. The van der Waals surface area contributed by atoms with Gasteiger partial charge in [-0.3, -0.25) is 4.68 Å². The number of nitrogens with zero attached hydrogens (tertiary/aromatic N) is 2. The number of ether oxygens (including phenoxy) is 1. The summed E-state index contributed by atoms with van der Waals surface area (Å²) in [4.78, 5) is -0.181. The third-order valence-electron chi connectivity index (χ3n) is 1.61. The van der Waals surface area contributed by atoms with Crippen molar-refractivity contribution in [3.63, 3.8) is 0 Å². The van der Waals surface area contributed by atoms with Gasteiger partial charge in [0, 0.05) is 23.4 Å². The molecule has 1 N–H and O–H groups in total. The third kappa shape index (κ3) is 3.08. The summed E-state index contributed by atoms with van der Waals surface area (Å²) in [6.07, 6.45) is 1.29. The van der Waals surface area contributed by atoms with E-state index in [4.69, 9.17) is 20.5 Å². The van der Waals surface area contributed by atoms with E-state index in [0.717, 1.165) is 0 Å². The fourth-order valence-corrected chi connectivity index (χ4v) is 1.83. The zero-order chi connectivity index (χ0) is 11.5. The molecule has 86 valence electrons. The second-order valence-corrected chi connectivity index (χ2v) is 5.20. The van der Waals surface area contributed by atoms with Crippen molar-refractivity contribution in [2.75, 3.05) is 13.2 Å². The van der Waals surface area contributed by atoms with E-state index < -0.39 is 9.05 Å². The maximum absolute atomic E-state index is 11.1. The van der Waals surface area contributed by atoms with Crippen LogP contribution in [-0.4, -0.2) is 36.5 Å². The van der Waals surface area contributed by atoms with E-state index in [1.807, 2.05) is 0 Å². The Labute approximate surface area is 91.8 Å². The number of aromatic nitrogens is 2. The maximum atomic E-state index is 11.1. The summed E-state index contributed by atoms with van der Waals surface area (Å²) < 4.78 is 28.6. The Kier molecular flexibility index (Phi) is 3.95. The minimum absolute atomic E-state index is 0.0276. The highest BCUT2D eigenvalue weighted by molar-refractivity contribution is 8.13. The Morgan fingerprint density at radius 2 is 2.33 bits per heavy atom. The standard InChI is InChI=1S/C7H11ClN2O4S/c1-2-10-5-6(15(8,12)13)7(9-10)14-4-3-11/h5,11H,2-4H2,1H3. The molecular weight excluding hydrogens is 244 g/mol. The van der Waals surface area contributed by atoms with Crippen LogP contribution in [0.2, 0.25) is 0 Å². The molecule has 0 atom stereocenters. The zero-order valence-corrected chi connectivity index (χ0v) is 9.62. The lowest BCUT2D eigenvalue weighted by Crippen LogP contribution is -2.04. The van der Waals surface area contributed by atoms with Gasteiger partial charge in [-0.1, -0.05) is 0 Å².